The summed E-state index contributed by atoms with van der Waals surface area (Å²) in [5.74, 6) is 0.356. The maximum atomic E-state index is 10.5. The number of nitrogens with zero attached hydrogens (tertiary/aromatic N) is 1. The Balaban J connectivity index is 2.98. The molecule has 0 saturated carbocycles. The average Bonchev–Trinajstić information content (AvgIpc) is 2.35. The van der Waals surface area contributed by atoms with Gasteiger partial charge in [-0.3, -0.25) is 0 Å². The summed E-state index contributed by atoms with van der Waals surface area (Å²) in [6.07, 6.45) is 1.57. The summed E-state index contributed by atoms with van der Waals surface area (Å²) in [5.41, 5.74) is -0.366. The van der Waals surface area contributed by atoms with E-state index in [0.29, 0.717) is 6.42 Å². The van der Waals surface area contributed by atoms with Gasteiger partial charge < -0.3 is 9.84 Å². The van der Waals surface area contributed by atoms with Crippen molar-refractivity contribution in [1.82, 2.24) is 0 Å². The van der Waals surface area contributed by atoms with Gasteiger partial charge in [0.1, 0.15) is 11.4 Å². The minimum Gasteiger partial charge on any atom is -0.497 e. The van der Waals surface area contributed by atoms with Gasteiger partial charge in [0.25, 0.3) is 0 Å². The first-order valence-electron chi connectivity index (χ1n) is 5.82. The largest absolute Gasteiger partial charge is 0.497 e. The molecule has 0 aliphatic rings. The molecule has 1 rings (SSSR count). The number of hydrogen-bond donors (Lipinski definition) is 1. The molecule has 1 N–H and O–H groups in total. The Bertz CT molecular complexity index is 390. The zero-order valence-electron chi connectivity index (χ0n) is 10.6. The highest BCUT2D eigenvalue weighted by Gasteiger charge is 2.33. The second kappa shape index (κ2) is 5.70. The van der Waals surface area contributed by atoms with Crippen LogP contribution in [0.2, 0.25) is 0 Å². The van der Waals surface area contributed by atoms with Gasteiger partial charge in [0.05, 0.1) is 19.1 Å². The van der Waals surface area contributed by atoms with E-state index in [1.54, 1.807) is 38.3 Å². The number of hydrogen-bond acceptors (Lipinski definition) is 3. The minimum atomic E-state index is -1.11. The van der Waals surface area contributed by atoms with Gasteiger partial charge in [-0.1, -0.05) is 25.5 Å². The van der Waals surface area contributed by atoms with E-state index in [0.717, 1.165) is 17.7 Å². The molecule has 3 heteroatoms. The van der Waals surface area contributed by atoms with E-state index in [4.69, 9.17) is 10.00 Å². The lowest BCUT2D eigenvalue weighted by atomic mass is 9.81. The molecule has 0 spiro atoms. The quantitative estimate of drug-likeness (QED) is 0.850. The van der Waals surface area contributed by atoms with E-state index in [9.17, 15) is 5.11 Å². The van der Waals surface area contributed by atoms with Crippen molar-refractivity contribution in [1.29, 1.82) is 5.26 Å². The molecule has 0 aliphatic heterocycles. The smallest absolute Gasteiger partial charge is 0.118 e. The molecule has 0 aromatic heterocycles. The fourth-order valence-corrected chi connectivity index (χ4v) is 1.89. The first kappa shape index (κ1) is 13.5. The minimum absolute atomic E-state index is 0.388. The van der Waals surface area contributed by atoms with E-state index < -0.39 is 5.60 Å². The average molecular weight is 233 g/mol. The van der Waals surface area contributed by atoms with Crippen LogP contribution in [-0.4, -0.2) is 12.2 Å². The number of aliphatic hydroxyl groups is 1. The monoisotopic (exact) mass is 233 g/mol. The van der Waals surface area contributed by atoms with Gasteiger partial charge in [-0.2, -0.15) is 5.26 Å². The summed E-state index contributed by atoms with van der Waals surface area (Å²) >= 11 is 0. The molecular formula is C14H19NO2. The molecule has 0 heterocycles. The van der Waals surface area contributed by atoms with Gasteiger partial charge in [0, 0.05) is 0 Å². The van der Waals surface area contributed by atoms with Crippen molar-refractivity contribution in [2.75, 3.05) is 7.11 Å². The lowest BCUT2D eigenvalue weighted by Gasteiger charge is -2.28. The molecule has 1 aromatic carbocycles. The third-order valence-electron chi connectivity index (χ3n) is 3.09. The highest BCUT2D eigenvalue weighted by molar-refractivity contribution is 5.31. The molecular weight excluding hydrogens is 214 g/mol. The lowest BCUT2D eigenvalue weighted by Crippen LogP contribution is -2.30. The van der Waals surface area contributed by atoms with Crippen molar-refractivity contribution in [3.05, 3.63) is 29.8 Å². The molecule has 0 radical (unpaired) electrons. The Morgan fingerprint density at radius 3 is 2.41 bits per heavy atom. The van der Waals surface area contributed by atoms with E-state index in [1.807, 2.05) is 6.92 Å². The molecule has 92 valence electrons. The molecule has 0 fully saturated rings. The van der Waals surface area contributed by atoms with Crippen LogP contribution in [0.1, 0.15) is 32.3 Å². The molecule has 2 unspecified atom stereocenters. The van der Waals surface area contributed by atoms with Crippen LogP contribution in [0.4, 0.5) is 0 Å². The molecule has 0 bridgehead atoms. The Labute approximate surface area is 103 Å². The SMILES string of the molecule is CCCC(C#N)C(C)(O)c1ccc(OC)cc1. The Morgan fingerprint density at radius 2 is 2.00 bits per heavy atom. The second-order valence-electron chi connectivity index (χ2n) is 4.35. The fourth-order valence-electron chi connectivity index (χ4n) is 1.89. The summed E-state index contributed by atoms with van der Waals surface area (Å²) in [7, 11) is 1.60. The third-order valence-corrected chi connectivity index (χ3v) is 3.09. The van der Waals surface area contributed by atoms with Crippen LogP contribution in [0.5, 0.6) is 5.75 Å². The summed E-state index contributed by atoms with van der Waals surface area (Å²) in [6, 6.07) is 9.39. The van der Waals surface area contributed by atoms with Crippen molar-refractivity contribution < 1.29 is 9.84 Å². The van der Waals surface area contributed by atoms with Crippen LogP contribution >= 0.6 is 0 Å². The van der Waals surface area contributed by atoms with Crippen LogP contribution in [0.3, 0.4) is 0 Å². The van der Waals surface area contributed by atoms with Crippen molar-refractivity contribution in [2.45, 2.75) is 32.3 Å². The van der Waals surface area contributed by atoms with Crippen molar-refractivity contribution in [3.63, 3.8) is 0 Å². The zero-order chi connectivity index (χ0) is 12.9. The van der Waals surface area contributed by atoms with E-state index >= 15 is 0 Å². The van der Waals surface area contributed by atoms with Crippen LogP contribution in [0.25, 0.3) is 0 Å². The maximum absolute atomic E-state index is 10.5. The Morgan fingerprint density at radius 1 is 1.41 bits per heavy atom. The fraction of sp³-hybridized carbons (Fsp3) is 0.500. The first-order valence-corrected chi connectivity index (χ1v) is 5.82. The second-order valence-corrected chi connectivity index (χ2v) is 4.35. The summed E-state index contributed by atoms with van der Waals surface area (Å²) < 4.78 is 5.07. The Kier molecular flexibility index (Phi) is 4.53. The van der Waals surface area contributed by atoms with Crippen LogP contribution < -0.4 is 4.74 Å². The van der Waals surface area contributed by atoms with Crippen molar-refractivity contribution in [2.24, 2.45) is 5.92 Å². The highest BCUT2D eigenvalue weighted by Crippen LogP contribution is 2.32. The summed E-state index contributed by atoms with van der Waals surface area (Å²) in [4.78, 5) is 0. The van der Waals surface area contributed by atoms with Crippen molar-refractivity contribution in [3.8, 4) is 11.8 Å². The van der Waals surface area contributed by atoms with E-state index in [2.05, 4.69) is 6.07 Å². The normalized spacial score (nSPS) is 15.7. The maximum Gasteiger partial charge on any atom is 0.118 e. The van der Waals surface area contributed by atoms with Gasteiger partial charge in [-0.05, 0) is 31.0 Å². The van der Waals surface area contributed by atoms with Gasteiger partial charge in [0.15, 0.2) is 0 Å². The van der Waals surface area contributed by atoms with E-state index in [1.165, 1.54) is 0 Å². The molecule has 1 aromatic rings. The molecule has 0 aliphatic carbocycles. The predicted molar refractivity (Wildman–Crippen MR) is 66.6 cm³/mol. The van der Waals surface area contributed by atoms with Crippen LogP contribution in [-0.2, 0) is 5.60 Å². The summed E-state index contributed by atoms with van der Waals surface area (Å²) in [5, 5.41) is 19.6. The number of benzene rings is 1. The third kappa shape index (κ3) is 2.98. The van der Waals surface area contributed by atoms with Crippen LogP contribution in [0.15, 0.2) is 24.3 Å². The Hall–Kier alpha value is -1.53. The lowest BCUT2D eigenvalue weighted by molar-refractivity contribution is 0.0130. The number of rotatable bonds is 5. The van der Waals surface area contributed by atoms with E-state index in [-0.39, 0.29) is 5.92 Å². The predicted octanol–water partition coefficient (Wildman–Crippen LogP) is 2.84. The molecule has 0 saturated heterocycles. The number of methoxy groups -OCH3 is 1. The van der Waals surface area contributed by atoms with Gasteiger partial charge in [0.2, 0.25) is 0 Å². The summed E-state index contributed by atoms with van der Waals surface area (Å²) in [6.45, 7) is 3.70. The standard InChI is InChI=1S/C14H19NO2/c1-4-5-12(10-15)14(2,16)11-6-8-13(17-3)9-7-11/h6-9,12,16H,4-5H2,1-3H3. The van der Waals surface area contributed by atoms with Gasteiger partial charge in [-0.25, -0.2) is 0 Å². The topological polar surface area (TPSA) is 53.2 Å². The van der Waals surface area contributed by atoms with Crippen LogP contribution in [0, 0.1) is 17.2 Å². The number of nitriles is 1. The molecule has 2 atom stereocenters. The first-order chi connectivity index (χ1) is 8.06. The van der Waals surface area contributed by atoms with Gasteiger partial charge >= 0.3 is 0 Å². The molecule has 0 amide bonds. The molecule has 17 heavy (non-hydrogen) atoms. The number of ether oxygens (including phenoxy) is 1. The van der Waals surface area contributed by atoms with Gasteiger partial charge in [-0.15, -0.1) is 0 Å². The zero-order valence-corrected chi connectivity index (χ0v) is 10.6. The highest BCUT2D eigenvalue weighted by atomic mass is 16.5. The van der Waals surface area contributed by atoms with Crippen molar-refractivity contribution >= 4 is 0 Å². The molecule has 3 nitrogen and oxygen atoms in total.